The lowest BCUT2D eigenvalue weighted by Gasteiger charge is -2.30. The van der Waals surface area contributed by atoms with Crippen LogP contribution in [0.4, 0.5) is 0 Å². The number of benzene rings is 3. The third-order valence-corrected chi connectivity index (χ3v) is 13.0. The van der Waals surface area contributed by atoms with Crippen LogP contribution in [0.25, 0.3) is 10.9 Å². The van der Waals surface area contributed by atoms with Crippen molar-refractivity contribution in [2.45, 2.75) is 107 Å². The number of methoxy groups -OCH3 is 1. The van der Waals surface area contributed by atoms with Gasteiger partial charge in [0.1, 0.15) is 48.0 Å². The number of aromatic hydroxyl groups is 1. The van der Waals surface area contributed by atoms with E-state index in [0.717, 1.165) is 7.11 Å². The predicted octanol–water partition coefficient (Wildman–Crippen LogP) is -0.482. The van der Waals surface area contributed by atoms with Crippen molar-refractivity contribution in [3.05, 3.63) is 102 Å². The average Bonchev–Trinajstić information content (AvgIpc) is 4.12. The lowest BCUT2D eigenvalue weighted by Crippen LogP contribution is -2.60. The predicted molar refractivity (Wildman–Crippen MR) is 254 cm³/mol. The maximum Gasteiger partial charge on any atom is 0.328 e. The van der Waals surface area contributed by atoms with Gasteiger partial charge in [-0.05, 0) is 60.1 Å². The fourth-order valence-corrected chi connectivity index (χ4v) is 9.18. The summed E-state index contributed by atoms with van der Waals surface area (Å²) in [6.07, 6.45) is 0.546. The van der Waals surface area contributed by atoms with E-state index in [4.69, 9.17) is 4.74 Å². The SMILES string of the molecule is COC(=O)C1Cc2cn(c3ccccc23)C(NC(=O)[C@H](Cc2ccc(O)cc2)NC(=O)[C@@H]2CCCN2C(=O)[C@@H]2CCC(=O)N2)C(=O)NC(C(C)C)C(=O)N[C@@H](Cc2ccccc2)C(=O)NC(CO)C(=O)N1. The van der Waals surface area contributed by atoms with E-state index in [9.17, 15) is 48.6 Å². The van der Waals surface area contributed by atoms with Crippen LogP contribution in [0, 0.1) is 5.92 Å². The first kappa shape index (κ1) is 51.1. The molecule has 1 aromatic heterocycles. The lowest BCUT2D eigenvalue weighted by molar-refractivity contribution is -0.145. The molecule has 2 bridgehead atoms. The van der Waals surface area contributed by atoms with Crippen molar-refractivity contribution in [1.82, 2.24) is 46.7 Å². The standard InChI is InChI=1S/C50H59N9O12/c1-27(2)41-47(67)53-34(22-28-10-5-4-6-11-28)43(63)55-37(26-60)45(65)54-36(50(70)71-3)24-30-25-59(38-13-8-7-12-32(30)38)42(48(68)56-41)57-44(64)35(23-29-15-17-31(61)18-16-29)52-46(66)39-14-9-21-58(39)49(69)33-19-20-40(62)51-33/h4-8,10-13,15-18,25,27,33-37,39,41-42,60-61H,9,14,19-24,26H2,1-3H3,(H,51,62)(H,52,66)(H,53,67)(H,54,65)(H,55,63)(H,56,68)(H,57,64)/t33-,34-,35-,36?,37?,39-,41?,42?/m0/s1. The number of para-hydroxylation sites is 1. The number of esters is 1. The van der Waals surface area contributed by atoms with E-state index in [2.05, 4.69) is 37.2 Å². The normalized spacial score (nSPS) is 23.6. The molecule has 0 saturated carbocycles. The molecule has 3 aliphatic rings. The highest BCUT2D eigenvalue weighted by atomic mass is 16.5. The van der Waals surface area contributed by atoms with Gasteiger partial charge in [0.2, 0.25) is 41.4 Å². The van der Waals surface area contributed by atoms with E-state index in [0.29, 0.717) is 34.0 Å². The maximum atomic E-state index is 15.0. The van der Waals surface area contributed by atoms with Gasteiger partial charge in [-0.2, -0.15) is 0 Å². The van der Waals surface area contributed by atoms with E-state index in [1.807, 2.05) is 0 Å². The molecule has 4 heterocycles. The summed E-state index contributed by atoms with van der Waals surface area (Å²) in [5, 5.41) is 39.7. The van der Waals surface area contributed by atoms with Crippen LogP contribution >= 0.6 is 0 Å². The van der Waals surface area contributed by atoms with Crippen molar-refractivity contribution in [1.29, 1.82) is 0 Å². The molecule has 7 rings (SSSR count). The molecule has 3 aromatic carbocycles. The summed E-state index contributed by atoms with van der Waals surface area (Å²) in [4.78, 5) is 127. The van der Waals surface area contributed by atoms with Crippen LogP contribution in [0.5, 0.6) is 5.75 Å². The molecule has 0 aliphatic carbocycles. The third kappa shape index (κ3) is 12.1. The summed E-state index contributed by atoms with van der Waals surface area (Å²) in [5.74, 6) is -7.24. The summed E-state index contributed by atoms with van der Waals surface area (Å²) >= 11 is 0. The second-order valence-corrected chi connectivity index (χ2v) is 18.3. The van der Waals surface area contributed by atoms with E-state index in [-0.39, 0.29) is 56.7 Å². The van der Waals surface area contributed by atoms with Crippen molar-refractivity contribution in [3.63, 3.8) is 0 Å². The number of nitrogens with zero attached hydrogens (tertiary/aromatic N) is 2. The topological polar surface area (TPSA) is 296 Å². The minimum atomic E-state index is -1.69. The molecule has 8 atom stereocenters. The highest BCUT2D eigenvalue weighted by molar-refractivity contribution is 5.99. The Labute approximate surface area is 408 Å². The van der Waals surface area contributed by atoms with Crippen molar-refractivity contribution >= 4 is 64.1 Å². The average molecular weight is 978 g/mol. The summed E-state index contributed by atoms with van der Waals surface area (Å²) < 4.78 is 6.49. The minimum absolute atomic E-state index is 0.0514. The molecular weight excluding hydrogens is 919 g/mol. The monoisotopic (exact) mass is 977 g/mol. The molecular formula is C50H59N9O12. The van der Waals surface area contributed by atoms with E-state index >= 15 is 4.79 Å². The molecule has 21 heteroatoms. The number of carbonyl (C=O) groups excluding carboxylic acids is 9. The lowest BCUT2D eigenvalue weighted by atomic mass is 10.0. The number of fused-ring (bicyclic) bond motifs is 5. The number of hydrogen-bond acceptors (Lipinski definition) is 12. The Morgan fingerprint density at radius 3 is 2.14 bits per heavy atom. The fourth-order valence-electron chi connectivity index (χ4n) is 9.18. The van der Waals surface area contributed by atoms with Crippen LogP contribution in [0.15, 0.2) is 85.1 Å². The Morgan fingerprint density at radius 1 is 0.775 bits per heavy atom. The summed E-state index contributed by atoms with van der Waals surface area (Å²) in [6.45, 7) is 2.69. The maximum absolute atomic E-state index is 15.0. The number of ether oxygens (including phenoxy) is 1. The number of nitrogens with one attached hydrogen (secondary N) is 7. The first-order valence-electron chi connectivity index (χ1n) is 23.6. The summed E-state index contributed by atoms with van der Waals surface area (Å²) in [7, 11) is 1.12. The van der Waals surface area contributed by atoms with Crippen molar-refractivity contribution in [2.75, 3.05) is 20.3 Å². The van der Waals surface area contributed by atoms with Crippen molar-refractivity contribution in [3.8, 4) is 5.75 Å². The number of phenolic OH excluding ortho intramolecular Hbond substituents is 1. The smallest absolute Gasteiger partial charge is 0.328 e. The van der Waals surface area contributed by atoms with Crippen LogP contribution in [-0.2, 0) is 67.2 Å². The Bertz CT molecular complexity index is 2660. The molecule has 0 spiro atoms. The van der Waals surface area contributed by atoms with E-state index in [1.165, 1.54) is 27.8 Å². The van der Waals surface area contributed by atoms with Gasteiger partial charge in [0.25, 0.3) is 5.91 Å². The zero-order chi connectivity index (χ0) is 50.9. The summed E-state index contributed by atoms with van der Waals surface area (Å²) in [6, 6.07) is 12.5. The summed E-state index contributed by atoms with van der Waals surface area (Å²) in [5.41, 5.74) is 1.89. The van der Waals surface area contributed by atoms with Crippen molar-refractivity contribution in [2.24, 2.45) is 5.92 Å². The molecule has 3 aliphatic heterocycles. The van der Waals surface area contributed by atoms with Gasteiger partial charge in [-0.15, -0.1) is 0 Å². The highest BCUT2D eigenvalue weighted by Crippen LogP contribution is 2.27. The molecule has 21 nitrogen and oxygen atoms in total. The number of rotatable bonds is 12. The molecule has 9 N–H and O–H groups in total. The molecule has 2 fully saturated rings. The van der Waals surface area contributed by atoms with Gasteiger partial charge in [0.15, 0.2) is 6.17 Å². The third-order valence-electron chi connectivity index (χ3n) is 13.0. The van der Waals surface area contributed by atoms with Gasteiger partial charge < -0.3 is 61.6 Å². The highest BCUT2D eigenvalue weighted by Gasteiger charge is 2.42. The van der Waals surface area contributed by atoms with Gasteiger partial charge in [-0.25, -0.2) is 4.79 Å². The van der Waals surface area contributed by atoms with E-state index in [1.54, 1.807) is 80.6 Å². The van der Waals surface area contributed by atoms with Crippen LogP contribution in [0.2, 0.25) is 0 Å². The Hall–Kier alpha value is -7.81. The molecule has 376 valence electrons. The molecule has 2 saturated heterocycles. The Kier molecular flexibility index (Phi) is 16.4. The minimum Gasteiger partial charge on any atom is -0.508 e. The number of carbonyl (C=O) groups is 9. The first-order chi connectivity index (χ1) is 34.0. The second kappa shape index (κ2) is 22.7. The van der Waals surface area contributed by atoms with Crippen LogP contribution in [-0.4, -0.2) is 135 Å². The van der Waals surface area contributed by atoms with E-state index < -0.39 is 108 Å². The number of aliphatic hydroxyl groups excluding tert-OH is 1. The van der Waals surface area contributed by atoms with Crippen molar-refractivity contribution < 1.29 is 58.1 Å². The zero-order valence-corrected chi connectivity index (χ0v) is 39.5. The number of aromatic nitrogens is 1. The molecule has 4 aromatic rings. The number of amides is 8. The quantitative estimate of drug-likeness (QED) is 0.0814. The second-order valence-electron chi connectivity index (χ2n) is 18.3. The fraction of sp³-hybridized carbons (Fsp3) is 0.420. The van der Waals surface area contributed by atoms with Crippen LogP contribution in [0.3, 0.4) is 0 Å². The van der Waals surface area contributed by atoms with Gasteiger partial charge in [-0.1, -0.05) is 74.5 Å². The number of phenols is 1. The molecule has 8 amide bonds. The van der Waals surface area contributed by atoms with Gasteiger partial charge in [0.05, 0.1) is 19.2 Å². The van der Waals surface area contributed by atoms with Gasteiger partial charge in [0, 0.05) is 43.8 Å². The Morgan fingerprint density at radius 2 is 1.46 bits per heavy atom. The largest absolute Gasteiger partial charge is 0.508 e. The molecule has 71 heavy (non-hydrogen) atoms. The zero-order valence-electron chi connectivity index (χ0n) is 39.5. The number of hydrogen-bond donors (Lipinski definition) is 9. The van der Waals surface area contributed by atoms with Gasteiger partial charge >= 0.3 is 5.97 Å². The molecule has 4 unspecified atom stereocenters. The van der Waals surface area contributed by atoms with Gasteiger partial charge in [-0.3, -0.25) is 38.4 Å². The molecule has 0 radical (unpaired) electrons. The first-order valence-corrected chi connectivity index (χ1v) is 23.6. The number of likely N-dealkylation sites (tertiary alicyclic amines) is 1. The van der Waals surface area contributed by atoms with Crippen LogP contribution < -0.4 is 37.2 Å². The number of aliphatic hydroxyl groups is 1. The Balaban J connectivity index is 1.29. The van der Waals surface area contributed by atoms with Crippen LogP contribution in [0.1, 0.15) is 62.4 Å².